The minimum Gasteiger partial charge on any atom is -0.126 e. The first-order valence-corrected chi connectivity index (χ1v) is 6.27. The summed E-state index contributed by atoms with van der Waals surface area (Å²) in [5, 5.41) is 0. The van der Waals surface area contributed by atoms with E-state index in [1.807, 2.05) is 0 Å². The van der Waals surface area contributed by atoms with E-state index in [9.17, 15) is 0 Å². The second-order valence-electron chi connectivity index (χ2n) is 3.01. The van der Waals surface area contributed by atoms with E-state index in [1.54, 1.807) is 0 Å². The predicted octanol–water partition coefficient (Wildman–Crippen LogP) is 3.93. The van der Waals surface area contributed by atoms with Crippen molar-refractivity contribution < 1.29 is 0 Å². The van der Waals surface area contributed by atoms with E-state index >= 15 is 0 Å². The van der Waals surface area contributed by atoms with E-state index in [0.29, 0.717) is 17.7 Å². The van der Waals surface area contributed by atoms with Crippen molar-refractivity contribution in [3.05, 3.63) is 33.4 Å². The first-order valence-electron chi connectivity index (χ1n) is 4.12. The predicted molar refractivity (Wildman–Crippen MR) is 67.8 cm³/mol. The van der Waals surface area contributed by atoms with Crippen molar-refractivity contribution in [2.24, 2.45) is 5.92 Å². The number of alkyl halides is 2. The topological polar surface area (TPSA) is 0 Å². The van der Waals surface area contributed by atoms with Crippen molar-refractivity contribution in [1.29, 1.82) is 0 Å². The average molecular weight is 329 g/mol. The third-order valence-electron chi connectivity index (χ3n) is 1.87. The lowest BCUT2D eigenvalue weighted by molar-refractivity contribution is 0.662. The molecule has 0 unspecified atom stereocenters. The van der Waals surface area contributed by atoms with E-state index in [0.717, 1.165) is 6.42 Å². The lowest BCUT2D eigenvalue weighted by Gasteiger charge is -2.09. The largest absolute Gasteiger partial charge is 0.126 e. The van der Waals surface area contributed by atoms with Crippen LogP contribution in [-0.4, -0.2) is 11.8 Å². The molecule has 13 heavy (non-hydrogen) atoms. The maximum atomic E-state index is 5.76. The fraction of sp³-hybridized carbons (Fsp3) is 0.400. The van der Waals surface area contributed by atoms with Crippen molar-refractivity contribution in [2.75, 3.05) is 11.8 Å². The molecule has 0 N–H and O–H groups in total. The van der Waals surface area contributed by atoms with Crippen molar-refractivity contribution in [2.45, 2.75) is 6.42 Å². The fourth-order valence-corrected chi connectivity index (χ4v) is 2.01. The van der Waals surface area contributed by atoms with Crippen LogP contribution in [0.2, 0.25) is 0 Å². The van der Waals surface area contributed by atoms with Crippen LogP contribution in [0.25, 0.3) is 0 Å². The van der Waals surface area contributed by atoms with Crippen molar-refractivity contribution >= 4 is 45.8 Å². The van der Waals surface area contributed by atoms with E-state index in [1.165, 1.54) is 9.13 Å². The number of benzene rings is 1. The zero-order valence-corrected chi connectivity index (χ0v) is 10.8. The molecule has 0 aliphatic heterocycles. The monoisotopic (exact) mass is 328 g/mol. The van der Waals surface area contributed by atoms with Crippen LogP contribution in [0.15, 0.2) is 24.3 Å². The molecule has 0 spiro atoms. The maximum Gasteiger partial charge on any atom is 0.0266 e. The minimum absolute atomic E-state index is 0.392. The fourth-order valence-electron chi connectivity index (χ4n) is 1.10. The van der Waals surface area contributed by atoms with Gasteiger partial charge in [0, 0.05) is 15.3 Å². The van der Waals surface area contributed by atoms with Gasteiger partial charge in [-0.3, -0.25) is 0 Å². The van der Waals surface area contributed by atoms with E-state index < -0.39 is 0 Å². The quantitative estimate of drug-likeness (QED) is 0.580. The zero-order valence-electron chi connectivity index (χ0n) is 7.14. The normalized spacial score (nSPS) is 10.8. The summed E-state index contributed by atoms with van der Waals surface area (Å²) in [6.45, 7) is 0. The van der Waals surface area contributed by atoms with Gasteiger partial charge in [0.1, 0.15) is 0 Å². The SMILES string of the molecule is ClCC(CCl)Cc1ccc(I)cc1. The highest BCUT2D eigenvalue weighted by Crippen LogP contribution is 2.13. The van der Waals surface area contributed by atoms with Crippen molar-refractivity contribution in [3.8, 4) is 0 Å². The van der Waals surface area contributed by atoms with Crippen LogP contribution in [0.4, 0.5) is 0 Å². The van der Waals surface area contributed by atoms with Gasteiger partial charge in [-0.25, -0.2) is 0 Å². The Bertz CT molecular complexity index is 242. The molecule has 0 fully saturated rings. The summed E-state index contributed by atoms with van der Waals surface area (Å²) >= 11 is 13.8. The Labute approximate surface area is 103 Å². The van der Waals surface area contributed by atoms with Crippen LogP contribution in [0, 0.1) is 9.49 Å². The molecule has 0 amide bonds. The summed E-state index contributed by atoms with van der Waals surface area (Å²) in [7, 11) is 0. The number of hydrogen-bond donors (Lipinski definition) is 0. The zero-order chi connectivity index (χ0) is 9.68. The summed E-state index contributed by atoms with van der Waals surface area (Å²) in [5.74, 6) is 1.66. The highest BCUT2D eigenvalue weighted by molar-refractivity contribution is 14.1. The van der Waals surface area contributed by atoms with Gasteiger partial charge in [-0.15, -0.1) is 23.2 Å². The Morgan fingerprint density at radius 2 is 1.62 bits per heavy atom. The second kappa shape index (κ2) is 6.10. The molecule has 3 heteroatoms. The molecule has 72 valence electrons. The first-order chi connectivity index (χ1) is 6.26. The van der Waals surface area contributed by atoms with Gasteiger partial charge in [-0.2, -0.15) is 0 Å². The Morgan fingerprint density at radius 3 is 2.08 bits per heavy atom. The molecular weight excluding hydrogens is 318 g/mol. The number of hydrogen-bond acceptors (Lipinski definition) is 0. The van der Waals surface area contributed by atoms with Crippen molar-refractivity contribution in [3.63, 3.8) is 0 Å². The average Bonchev–Trinajstić information content (AvgIpc) is 2.17. The molecule has 1 aromatic carbocycles. The lowest BCUT2D eigenvalue weighted by atomic mass is 10.0. The molecule has 0 saturated carbocycles. The number of rotatable bonds is 4. The van der Waals surface area contributed by atoms with Gasteiger partial charge in [0.2, 0.25) is 0 Å². The van der Waals surface area contributed by atoms with Crippen molar-refractivity contribution in [1.82, 2.24) is 0 Å². The molecular formula is C10H11Cl2I. The van der Waals surface area contributed by atoms with E-state index in [4.69, 9.17) is 23.2 Å². The molecule has 0 radical (unpaired) electrons. The van der Waals surface area contributed by atoms with E-state index in [-0.39, 0.29) is 0 Å². The van der Waals surface area contributed by atoms with Crippen LogP contribution in [0.1, 0.15) is 5.56 Å². The van der Waals surface area contributed by atoms with Gasteiger partial charge in [0.15, 0.2) is 0 Å². The third kappa shape index (κ3) is 4.05. The van der Waals surface area contributed by atoms with E-state index in [2.05, 4.69) is 46.9 Å². The van der Waals surface area contributed by atoms with Crippen LogP contribution >= 0.6 is 45.8 Å². The summed E-state index contributed by atoms with van der Waals surface area (Å²) in [4.78, 5) is 0. The van der Waals surface area contributed by atoms with Gasteiger partial charge in [-0.1, -0.05) is 12.1 Å². The Kier molecular flexibility index (Phi) is 5.44. The van der Waals surface area contributed by atoms with Gasteiger partial charge in [0.05, 0.1) is 0 Å². The Balaban J connectivity index is 2.58. The standard InChI is InChI=1S/C10H11Cl2I/c11-6-9(7-12)5-8-1-3-10(13)4-2-8/h1-4,9H,5-7H2. The van der Waals surface area contributed by atoms with Gasteiger partial charge in [-0.05, 0) is 52.6 Å². The first kappa shape index (κ1) is 11.6. The molecule has 0 saturated heterocycles. The molecule has 0 heterocycles. The lowest BCUT2D eigenvalue weighted by Crippen LogP contribution is -2.07. The molecule has 1 aromatic rings. The molecule has 0 aromatic heterocycles. The molecule has 0 bridgehead atoms. The maximum absolute atomic E-state index is 5.76. The molecule has 0 aliphatic rings. The Morgan fingerprint density at radius 1 is 1.08 bits per heavy atom. The molecule has 0 atom stereocenters. The molecule has 0 nitrogen and oxygen atoms in total. The summed E-state index contributed by atoms with van der Waals surface area (Å²) < 4.78 is 1.26. The minimum atomic E-state index is 0.392. The van der Waals surface area contributed by atoms with Crippen LogP contribution in [0.5, 0.6) is 0 Å². The van der Waals surface area contributed by atoms with Crippen LogP contribution < -0.4 is 0 Å². The highest BCUT2D eigenvalue weighted by atomic mass is 127. The molecule has 1 rings (SSSR count). The smallest absolute Gasteiger partial charge is 0.0266 e. The van der Waals surface area contributed by atoms with Crippen LogP contribution in [0.3, 0.4) is 0 Å². The Hall–Kier alpha value is 0.530. The summed E-state index contributed by atoms with van der Waals surface area (Å²) in [6, 6.07) is 8.48. The highest BCUT2D eigenvalue weighted by Gasteiger charge is 2.06. The summed E-state index contributed by atoms with van der Waals surface area (Å²) in [6.07, 6.45) is 0.976. The molecule has 0 aliphatic carbocycles. The van der Waals surface area contributed by atoms with Gasteiger partial charge < -0.3 is 0 Å². The third-order valence-corrected chi connectivity index (χ3v) is 3.47. The summed E-state index contributed by atoms with van der Waals surface area (Å²) in [5.41, 5.74) is 1.31. The van der Waals surface area contributed by atoms with Gasteiger partial charge in [0.25, 0.3) is 0 Å². The number of halogens is 3. The van der Waals surface area contributed by atoms with Gasteiger partial charge >= 0.3 is 0 Å². The van der Waals surface area contributed by atoms with Crippen LogP contribution in [-0.2, 0) is 6.42 Å². The second-order valence-corrected chi connectivity index (χ2v) is 4.87.